The van der Waals surface area contributed by atoms with Gasteiger partial charge in [-0.05, 0) is 89.9 Å². The van der Waals surface area contributed by atoms with Gasteiger partial charge >= 0.3 is 0 Å². The summed E-state index contributed by atoms with van der Waals surface area (Å²) in [7, 11) is 0. The monoisotopic (exact) mass is 1040 g/mol. The molecule has 3 N–H and O–H groups in total. The van der Waals surface area contributed by atoms with Gasteiger partial charge in [-0.15, -0.1) is 0 Å². The van der Waals surface area contributed by atoms with Crippen LogP contribution in [0.15, 0.2) is 109 Å². The molecule has 0 heterocycles. The van der Waals surface area contributed by atoms with Gasteiger partial charge in [-0.3, -0.25) is 4.79 Å². The van der Waals surface area contributed by atoms with Crippen LogP contribution in [0.2, 0.25) is 0 Å². The van der Waals surface area contributed by atoms with Crippen molar-refractivity contribution in [1.29, 1.82) is 0 Å². The molecule has 432 valence electrons. The summed E-state index contributed by atoms with van der Waals surface area (Å²) in [6.45, 7) is 4.20. The van der Waals surface area contributed by atoms with E-state index in [1.165, 1.54) is 218 Å². The van der Waals surface area contributed by atoms with Crippen LogP contribution in [-0.2, 0) is 4.79 Å². The third-order valence-electron chi connectivity index (χ3n) is 14.5. The SMILES string of the molecule is CC/C=C\C/C=C\C/C=C\C/C=C\C/C=C\C/C=C\C/C=C\CCCCCCCCCCCCCCCC(=O)NC(CO)C(O)/C=C/CC/C=C/CCCCCCCCCCCCCCCCCCCCCCCC. The molecule has 1 amide bonds. The molecule has 2 atom stereocenters. The second-order valence-corrected chi connectivity index (χ2v) is 21.8. The number of carbonyl (C=O) groups excluding carboxylic acids is 1. The Kier molecular flexibility index (Phi) is 62.8. The van der Waals surface area contributed by atoms with Gasteiger partial charge in [0.15, 0.2) is 0 Å². The van der Waals surface area contributed by atoms with E-state index >= 15 is 0 Å². The number of hydrogen-bond acceptors (Lipinski definition) is 3. The fourth-order valence-corrected chi connectivity index (χ4v) is 9.59. The number of aliphatic hydroxyl groups is 2. The Morgan fingerprint density at radius 1 is 0.333 bits per heavy atom. The second-order valence-electron chi connectivity index (χ2n) is 21.8. The van der Waals surface area contributed by atoms with Crippen molar-refractivity contribution in [2.75, 3.05) is 6.61 Å². The fourth-order valence-electron chi connectivity index (χ4n) is 9.59. The van der Waals surface area contributed by atoms with Crippen LogP contribution in [0, 0.1) is 0 Å². The summed E-state index contributed by atoms with van der Waals surface area (Å²) in [5, 5.41) is 23.2. The lowest BCUT2D eigenvalue weighted by Gasteiger charge is -2.19. The van der Waals surface area contributed by atoms with Crippen molar-refractivity contribution in [3.8, 4) is 0 Å². The molecule has 0 spiro atoms. The quantitative estimate of drug-likeness (QED) is 0.0420. The number of amides is 1. The van der Waals surface area contributed by atoms with Crippen LogP contribution in [0.4, 0.5) is 0 Å². The number of nitrogens with one attached hydrogen (secondary N) is 1. The molecule has 0 aromatic rings. The van der Waals surface area contributed by atoms with Gasteiger partial charge in [0.1, 0.15) is 0 Å². The van der Waals surface area contributed by atoms with Crippen LogP contribution in [0.25, 0.3) is 0 Å². The summed E-state index contributed by atoms with van der Waals surface area (Å²) in [5.74, 6) is -0.0758. The maximum absolute atomic E-state index is 12.5. The zero-order valence-corrected chi connectivity index (χ0v) is 49.8. The van der Waals surface area contributed by atoms with Crippen molar-refractivity contribution in [2.24, 2.45) is 0 Å². The van der Waals surface area contributed by atoms with Gasteiger partial charge in [-0.25, -0.2) is 0 Å². The Morgan fingerprint density at radius 3 is 0.933 bits per heavy atom. The summed E-state index contributed by atoms with van der Waals surface area (Å²) in [5.41, 5.74) is 0. The molecule has 0 aliphatic rings. The summed E-state index contributed by atoms with van der Waals surface area (Å²) >= 11 is 0. The second kappa shape index (κ2) is 65.3. The third-order valence-corrected chi connectivity index (χ3v) is 14.5. The molecule has 0 aromatic heterocycles. The Bertz CT molecular complexity index is 1410. The molecule has 0 aliphatic heterocycles. The molecule has 75 heavy (non-hydrogen) atoms. The number of hydrogen-bond donors (Lipinski definition) is 3. The summed E-state index contributed by atoms with van der Waals surface area (Å²) in [6.07, 6.45) is 98.6. The first-order valence-corrected chi connectivity index (χ1v) is 32.6. The molecule has 0 aromatic carbocycles. The summed E-state index contributed by atoms with van der Waals surface area (Å²) in [6, 6.07) is -0.648. The molecule has 0 aliphatic carbocycles. The summed E-state index contributed by atoms with van der Waals surface area (Å²) in [4.78, 5) is 12.5. The average Bonchev–Trinajstić information content (AvgIpc) is 3.41. The average molecular weight is 1040 g/mol. The van der Waals surface area contributed by atoms with Crippen LogP contribution in [0.3, 0.4) is 0 Å². The van der Waals surface area contributed by atoms with E-state index in [0.717, 1.165) is 77.0 Å². The Morgan fingerprint density at radius 2 is 0.600 bits per heavy atom. The number of unbranched alkanes of at least 4 members (excludes halogenated alkanes) is 36. The van der Waals surface area contributed by atoms with Gasteiger partial charge in [0, 0.05) is 6.42 Å². The van der Waals surface area contributed by atoms with E-state index in [9.17, 15) is 15.0 Å². The largest absolute Gasteiger partial charge is 0.394 e. The first kappa shape index (κ1) is 72.0. The van der Waals surface area contributed by atoms with E-state index in [1.54, 1.807) is 6.08 Å². The Hall–Kier alpha value is -2.95. The highest BCUT2D eigenvalue weighted by atomic mass is 16.3. The predicted molar refractivity (Wildman–Crippen MR) is 336 cm³/mol. The topological polar surface area (TPSA) is 69.6 Å². The molecule has 2 unspecified atom stereocenters. The van der Waals surface area contributed by atoms with Crippen LogP contribution < -0.4 is 5.32 Å². The van der Waals surface area contributed by atoms with Crippen LogP contribution >= 0.6 is 0 Å². The molecule has 0 saturated heterocycles. The van der Waals surface area contributed by atoms with Crippen LogP contribution in [0.1, 0.15) is 316 Å². The minimum Gasteiger partial charge on any atom is -0.394 e. The van der Waals surface area contributed by atoms with E-state index in [0.29, 0.717) is 6.42 Å². The predicted octanol–water partition coefficient (Wildman–Crippen LogP) is 22.2. The van der Waals surface area contributed by atoms with Crippen LogP contribution in [0.5, 0.6) is 0 Å². The van der Waals surface area contributed by atoms with Crippen molar-refractivity contribution in [1.82, 2.24) is 5.32 Å². The normalized spacial score (nSPS) is 13.5. The minimum atomic E-state index is -0.870. The molecular weight excluding hydrogens is 915 g/mol. The summed E-state index contributed by atoms with van der Waals surface area (Å²) < 4.78 is 0. The lowest BCUT2D eigenvalue weighted by molar-refractivity contribution is -0.123. The first-order chi connectivity index (χ1) is 37.2. The molecule has 0 bridgehead atoms. The smallest absolute Gasteiger partial charge is 0.220 e. The van der Waals surface area contributed by atoms with E-state index in [1.807, 2.05) is 6.08 Å². The Labute approximate surface area is 467 Å². The van der Waals surface area contributed by atoms with E-state index in [-0.39, 0.29) is 12.5 Å². The molecule has 0 saturated carbocycles. The number of allylic oxidation sites excluding steroid dienone is 17. The van der Waals surface area contributed by atoms with Gasteiger partial charge in [-0.2, -0.15) is 0 Å². The fraction of sp³-hybridized carbons (Fsp3) is 0.732. The molecule has 0 rings (SSSR count). The zero-order chi connectivity index (χ0) is 54.1. The van der Waals surface area contributed by atoms with Gasteiger partial charge in [0.2, 0.25) is 5.91 Å². The van der Waals surface area contributed by atoms with E-state index in [4.69, 9.17) is 0 Å². The highest BCUT2D eigenvalue weighted by Crippen LogP contribution is 2.17. The lowest BCUT2D eigenvalue weighted by Crippen LogP contribution is -2.45. The van der Waals surface area contributed by atoms with Crippen molar-refractivity contribution in [3.05, 3.63) is 109 Å². The van der Waals surface area contributed by atoms with Gasteiger partial charge in [0.05, 0.1) is 18.8 Å². The zero-order valence-electron chi connectivity index (χ0n) is 49.8. The van der Waals surface area contributed by atoms with Crippen molar-refractivity contribution in [3.63, 3.8) is 0 Å². The highest BCUT2D eigenvalue weighted by molar-refractivity contribution is 5.76. The number of aliphatic hydroxyl groups excluding tert-OH is 2. The highest BCUT2D eigenvalue weighted by Gasteiger charge is 2.18. The van der Waals surface area contributed by atoms with Crippen LogP contribution in [-0.4, -0.2) is 34.9 Å². The van der Waals surface area contributed by atoms with Gasteiger partial charge in [0.25, 0.3) is 0 Å². The lowest BCUT2D eigenvalue weighted by atomic mass is 10.0. The number of carbonyl (C=O) groups is 1. The maximum Gasteiger partial charge on any atom is 0.220 e. The molecule has 4 nitrogen and oxygen atoms in total. The third kappa shape index (κ3) is 61.8. The molecule has 4 heteroatoms. The van der Waals surface area contributed by atoms with Crippen molar-refractivity contribution in [2.45, 2.75) is 328 Å². The van der Waals surface area contributed by atoms with Gasteiger partial charge in [-0.1, -0.05) is 329 Å². The molecular formula is C71H125NO3. The van der Waals surface area contributed by atoms with E-state index in [2.05, 4.69) is 116 Å². The van der Waals surface area contributed by atoms with Crippen molar-refractivity contribution < 1.29 is 15.0 Å². The number of rotatable bonds is 59. The first-order valence-electron chi connectivity index (χ1n) is 32.6. The molecule has 0 radical (unpaired) electrons. The standard InChI is InChI=1S/C71H125NO3/c1-3-5-7-9-11-13-15-17-19-21-23-25-27-29-31-33-34-35-36-37-38-39-41-43-45-47-49-51-53-55-57-59-61-63-65-67-71(75)72-69(68-73)70(74)66-64-62-60-58-56-54-52-50-48-46-44-42-40-32-30-28-26-24-22-20-18-16-14-12-10-8-6-4-2/h5,7,11,13,17,19,23,25,29,31,34-35,37-38,56,58,64,66,69-70,73-74H,3-4,6,8-10,12,14-16,18,20-22,24,26-28,30,32-33,36,39-55,57,59-63,65,67-68H2,1-2H3,(H,72,75)/b7-5-,13-11-,19-17-,25-23-,31-29-,35-34-,38-37-,58-56+,66-64+. The van der Waals surface area contributed by atoms with E-state index < -0.39 is 12.1 Å². The maximum atomic E-state index is 12.5. The Balaban J connectivity index is 3.55. The molecule has 0 fully saturated rings. The van der Waals surface area contributed by atoms with Crippen molar-refractivity contribution >= 4 is 5.91 Å². The minimum absolute atomic E-state index is 0.0758. The van der Waals surface area contributed by atoms with Gasteiger partial charge < -0.3 is 15.5 Å².